The second-order valence-corrected chi connectivity index (χ2v) is 9.25. The molecule has 0 spiro atoms. The number of sulfonamides is 1. The smallest absolute Gasteiger partial charge is 0.251 e. The molecular formula is C22H28N2O4S. The first kappa shape index (κ1) is 21.3. The average Bonchev–Trinajstić information content (AvgIpc) is 2.74. The second-order valence-electron chi connectivity index (χ2n) is 7.51. The van der Waals surface area contributed by atoms with Crippen LogP contribution in [-0.4, -0.2) is 27.5 Å². The van der Waals surface area contributed by atoms with Crippen molar-refractivity contribution >= 4 is 15.9 Å². The number of hydrogen-bond acceptors (Lipinski definition) is 4. The molecule has 1 aliphatic rings. The van der Waals surface area contributed by atoms with E-state index >= 15 is 0 Å². The van der Waals surface area contributed by atoms with Crippen LogP contribution in [0.4, 0.5) is 0 Å². The number of amides is 1. The number of benzene rings is 2. The Morgan fingerprint density at radius 3 is 2.45 bits per heavy atom. The average molecular weight is 417 g/mol. The van der Waals surface area contributed by atoms with Gasteiger partial charge in [0.25, 0.3) is 5.91 Å². The molecule has 2 aromatic rings. The lowest BCUT2D eigenvalue weighted by Gasteiger charge is -2.29. The number of carbonyl (C=O) groups is 1. The number of carbonyl (C=O) groups excluding carboxylic acids is 1. The Morgan fingerprint density at radius 2 is 1.76 bits per heavy atom. The van der Waals surface area contributed by atoms with Crippen LogP contribution in [0.25, 0.3) is 0 Å². The number of hydrogen-bond donors (Lipinski definition) is 2. The third-order valence-corrected chi connectivity index (χ3v) is 6.91. The number of methoxy groups -OCH3 is 1. The molecule has 0 aromatic heterocycles. The van der Waals surface area contributed by atoms with Crippen LogP contribution in [0.15, 0.2) is 53.4 Å². The normalized spacial score (nSPS) is 19.5. The summed E-state index contributed by atoms with van der Waals surface area (Å²) in [7, 11) is -2.27. The minimum Gasteiger partial charge on any atom is -0.495 e. The molecule has 1 aliphatic carbocycles. The molecule has 2 N–H and O–H groups in total. The SMILES string of the molecule is COc1ccccc1S(=O)(=O)NCc1ccc(C(=O)N[C@H]2CCCC[C@H]2C)cc1. The van der Waals surface area contributed by atoms with Crippen LogP contribution in [0.3, 0.4) is 0 Å². The molecule has 1 saturated carbocycles. The van der Waals surface area contributed by atoms with E-state index in [2.05, 4.69) is 17.0 Å². The van der Waals surface area contributed by atoms with Crippen LogP contribution >= 0.6 is 0 Å². The van der Waals surface area contributed by atoms with Gasteiger partial charge < -0.3 is 10.1 Å². The van der Waals surface area contributed by atoms with Crippen LogP contribution in [0, 0.1) is 5.92 Å². The standard InChI is InChI=1S/C22H28N2O4S/c1-16-7-3-4-8-19(16)24-22(25)18-13-11-17(12-14-18)15-23-29(26,27)21-10-6-5-9-20(21)28-2/h5-6,9-14,16,19,23H,3-4,7-8,15H2,1-2H3,(H,24,25)/t16-,19+/m1/s1. The molecule has 0 heterocycles. The van der Waals surface area contributed by atoms with Crippen LogP contribution in [0.2, 0.25) is 0 Å². The maximum Gasteiger partial charge on any atom is 0.251 e. The predicted octanol–water partition coefficient (Wildman–Crippen LogP) is 3.48. The van der Waals surface area contributed by atoms with Crippen LogP contribution in [0.5, 0.6) is 5.75 Å². The van der Waals surface area contributed by atoms with Gasteiger partial charge in [-0.2, -0.15) is 0 Å². The first-order chi connectivity index (χ1) is 13.9. The second kappa shape index (κ2) is 9.41. The molecule has 2 aromatic carbocycles. The highest BCUT2D eigenvalue weighted by atomic mass is 32.2. The van der Waals surface area contributed by atoms with Crippen molar-refractivity contribution in [2.45, 2.75) is 50.1 Å². The Morgan fingerprint density at radius 1 is 1.07 bits per heavy atom. The van der Waals surface area contributed by atoms with Crippen molar-refractivity contribution in [1.82, 2.24) is 10.0 Å². The molecule has 2 atom stereocenters. The molecule has 3 rings (SSSR count). The van der Waals surface area contributed by atoms with Crippen molar-refractivity contribution < 1.29 is 17.9 Å². The molecule has 1 fully saturated rings. The van der Waals surface area contributed by atoms with Gasteiger partial charge in [-0.25, -0.2) is 13.1 Å². The van der Waals surface area contributed by atoms with E-state index in [0.717, 1.165) is 24.8 Å². The highest BCUT2D eigenvalue weighted by molar-refractivity contribution is 7.89. The molecule has 1 amide bonds. The highest BCUT2D eigenvalue weighted by Crippen LogP contribution is 2.24. The Hall–Kier alpha value is -2.38. The highest BCUT2D eigenvalue weighted by Gasteiger charge is 2.23. The number of nitrogens with one attached hydrogen (secondary N) is 2. The van der Waals surface area contributed by atoms with Gasteiger partial charge in [0.15, 0.2) is 0 Å². The molecule has 0 aliphatic heterocycles. The van der Waals surface area contributed by atoms with E-state index in [9.17, 15) is 13.2 Å². The van der Waals surface area contributed by atoms with Crippen molar-refractivity contribution in [3.05, 3.63) is 59.7 Å². The van der Waals surface area contributed by atoms with Gasteiger partial charge >= 0.3 is 0 Å². The quantitative estimate of drug-likeness (QED) is 0.724. The maximum atomic E-state index is 12.6. The summed E-state index contributed by atoms with van der Waals surface area (Å²) in [5.74, 6) is 0.713. The zero-order valence-corrected chi connectivity index (χ0v) is 17.7. The number of para-hydroxylation sites is 1. The minimum absolute atomic E-state index is 0.0788. The summed E-state index contributed by atoms with van der Waals surface area (Å²) < 4.78 is 32.8. The van der Waals surface area contributed by atoms with Gasteiger partial charge in [-0.15, -0.1) is 0 Å². The van der Waals surface area contributed by atoms with Crippen molar-refractivity contribution in [2.75, 3.05) is 7.11 Å². The first-order valence-electron chi connectivity index (χ1n) is 9.93. The van der Waals surface area contributed by atoms with E-state index in [1.807, 2.05) is 0 Å². The zero-order chi connectivity index (χ0) is 20.9. The van der Waals surface area contributed by atoms with Gasteiger partial charge in [-0.3, -0.25) is 4.79 Å². The molecular weight excluding hydrogens is 388 g/mol. The Bertz CT molecular complexity index is 942. The summed E-state index contributed by atoms with van der Waals surface area (Å²) in [6.07, 6.45) is 4.56. The lowest BCUT2D eigenvalue weighted by Crippen LogP contribution is -2.41. The van der Waals surface area contributed by atoms with E-state index in [0.29, 0.717) is 17.2 Å². The molecule has 29 heavy (non-hydrogen) atoms. The summed E-state index contributed by atoms with van der Waals surface area (Å²) in [6, 6.07) is 13.7. The van der Waals surface area contributed by atoms with Crippen molar-refractivity contribution in [2.24, 2.45) is 5.92 Å². The zero-order valence-electron chi connectivity index (χ0n) is 16.9. The van der Waals surface area contributed by atoms with Gasteiger partial charge in [-0.1, -0.05) is 44.0 Å². The van der Waals surface area contributed by atoms with Gasteiger partial charge in [0.2, 0.25) is 10.0 Å². The third kappa shape index (κ3) is 5.36. The van der Waals surface area contributed by atoms with Crippen molar-refractivity contribution in [3.8, 4) is 5.75 Å². The predicted molar refractivity (Wildman–Crippen MR) is 112 cm³/mol. The molecule has 0 unspecified atom stereocenters. The number of ether oxygens (including phenoxy) is 1. The van der Waals surface area contributed by atoms with E-state index in [1.54, 1.807) is 42.5 Å². The summed E-state index contributed by atoms with van der Waals surface area (Å²) >= 11 is 0. The molecule has 6 nitrogen and oxygen atoms in total. The summed E-state index contributed by atoms with van der Waals surface area (Å²) in [5, 5.41) is 3.13. The summed E-state index contributed by atoms with van der Waals surface area (Å²) in [6.45, 7) is 2.31. The lowest BCUT2D eigenvalue weighted by molar-refractivity contribution is 0.0910. The van der Waals surface area contributed by atoms with Gasteiger partial charge in [0.1, 0.15) is 10.6 Å². The van der Waals surface area contributed by atoms with Crippen LogP contribution in [0.1, 0.15) is 48.5 Å². The minimum atomic E-state index is -3.71. The molecule has 0 bridgehead atoms. The Labute approximate surface area is 172 Å². The van der Waals surface area contributed by atoms with Gasteiger partial charge in [-0.05, 0) is 48.6 Å². The molecule has 0 saturated heterocycles. The van der Waals surface area contributed by atoms with E-state index in [4.69, 9.17) is 4.74 Å². The van der Waals surface area contributed by atoms with Crippen LogP contribution < -0.4 is 14.8 Å². The lowest BCUT2D eigenvalue weighted by atomic mass is 9.86. The topological polar surface area (TPSA) is 84.5 Å². The number of rotatable bonds is 7. The molecule has 0 radical (unpaired) electrons. The van der Waals surface area contributed by atoms with Gasteiger partial charge in [0.05, 0.1) is 7.11 Å². The van der Waals surface area contributed by atoms with E-state index in [-0.39, 0.29) is 23.4 Å². The third-order valence-electron chi connectivity index (χ3n) is 5.47. The monoisotopic (exact) mass is 416 g/mol. The molecule has 7 heteroatoms. The fourth-order valence-electron chi connectivity index (χ4n) is 3.65. The van der Waals surface area contributed by atoms with Crippen LogP contribution in [-0.2, 0) is 16.6 Å². The fourth-order valence-corrected chi connectivity index (χ4v) is 4.84. The van der Waals surface area contributed by atoms with Gasteiger partial charge in [0, 0.05) is 18.2 Å². The van der Waals surface area contributed by atoms with E-state index in [1.165, 1.54) is 19.6 Å². The summed E-state index contributed by atoms with van der Waals surface area (Å²) in [5.41, 5.74) is 1.35. The Balaban J connectivity index is 1.61. The Kier molecular flexibility index (Phi) is 6.92. The fraction of sp³-hybridized carbons (Fsp3) is 0.409. The first-order valence-corrected chi connectivity index (χ1v) is 11.4. The van der Waals surface area contributed by atoms with Crippen molar-refractivity contribution in [3.63, 3.8) is 0 Å². The largest absolute Gasteiger partial charge is 0.495 e. The molecule has 156 valence electrons. The summed E-state index contributed by atoms with van der Waals surface area (Å²) in [4.78, 5) is 12.6. The van der Waals surface area contributed by atoms with Crippen molar-refractivity contribution in [1.29, 1.82) is 0 Å². The maximum absolute atomic E-state index is 12.6. The van der Waals surface area contributed by atoms with E-state index < -0.39 is 10.0 Å².